The first-order chi connectivity index (χ1) is 13.3. The van der Waals surface area contributed by atoms with Gasteiger partial charge in [0, 0.05) is 11.4 Å². The third-order valence-electron chi connectivity index (χ3n) is 4.36. The monoisotopic (exact) mass is 412 g/mol. The molecule has 3 amide bonds. The third kappa shape index (κ3) is 5.34. The third-order valence-corrected chi connectivity index (χ3v) is 5.35. The molecule has 1 heterocycles. The molecule has 3 rings (SSSR count). The molecule has 6 nitrogen and oxygen atoms in total. The number of nitrogens with one attached hydrogen (secondary N) is 2. The number of hydrogen-bond acceptors (Lipinski definition) is 5. The molecule has 150 valence electrons. The van der Waals surface area contributed by atoms with E-state index in [-0.39, 0.29) is 22.3 Å². The van der Waals surface area contributed by atoms with Crippen LogP contribution in [0.2, 0.25) is 0 Å². The average molecular weight is 412 g/mol. The summed E-state index contributed by atoms with van der Waals surface area (Å²) in [5.74, 6) is -2.10. The first kappa shape index (κ1) is 20.4. The summed E-state index contributed by atoms with van der Waals surface area (Å²) in [5.41, 5.74) is 0.141. The van der Waals surface area contributed by atoms with E-state index in [2.05, 4.69) is 20.6 Å². The van der Waals surface area contributed by atoms with E-state index in [0.717, 1.165) is 43.9 Å². The average Bonchev–Trinajstić information content (AvgIpc) is 2.66. The second kappa shape index (κ2) is 8.76. The molecule has 0 aliphatic heterocycles. The Morgan fingerprint density at radius 1 is 1.11 bits per heavy atom. The van der Waals surface area contributed by atoms with Crippen LogP contribution < -0.4 is 10.6 Å². The number of urea groups is 1. The van der Waals surface area contributed by atoms with Crippen molar-refractivity contribution in [3.05, 3.63) is 30.1 Å². The first-order valence-corrected chi connectivity index (χ1v) is 9.88. The fraction of sp³-hybridized carbons (Fsp3) is 0.444. The van der Waals surface area contributed by atoms with Crippen molar-refractivity contribution in [2.45, 2.75) is 49.3 Å². The molecule has 1 fully saturated rings. The highest BCUT2D eigenvalue weighted by atomic mass is 32.2. The minimum absolute atomic E-state index is 0.0424. The van der Waals surface area contributed by atoms with E-state index in [0.29, 0.717) is 5.39 Å². The minimum Gasteiger partial charge on any atom is -0.335 e. The Kier molecular flexibility index (Phi) is 6.38. The Labute approximate surface area is 163 Å². The van der Waals surface area contributed by atoms with Gasteiger partial charge in [-0.15, -0.1) is 0 Å². The molecule has 0 atom stereocenters. The van der Waals surface area contributed by atoms with Crippen LogP contribution in [-0.4, -0.2) is 33.7 Å². The van der Waals surface area contributed by atoms with Gasteiger partial charge in [0.15, 0.2) is 0 Å². The summed E-state index contributed by atoms with van der Waals surface area (Å²) in [5, 5.41) is 5.43. The molecule has 1 aromatic heterocycles. The van der Waals surface area contributed by atoms with E-state index in [1.54, 1.807) is 18.2 Å². The van der Waals surface area contributed by atoms with Gasteiger partial charge in [0.2, 0.25) is 11.7 Å². The quantitative estimate of drug-likeness (QED) is 0.588. The second-order valence-corrected chi connectivity index (χ2v) is 7.48. The molecular formula is C18H19F3N4O2S. The van der Waals surface area contributed by atoms with Crippen molar-refractivity contribution in [2.24, 2.45) is 0 Å². The highest BCUT2D eigenvalue weighted by molar-refractivity contribution is 8.00. The fourth-order valence-corrected chi connectivity index (χ4v) is 3.87. The van der Waals surface area contributed by atoms with Crippen LogP contribution in [0.3, 0.4) is 0 Å². The van der Waals surface area contributed by atoms with Gasteiger partial charge in [-0.1, -0.05) is 49.2 Å². The lowest BCUT2D eigenvalue weighted by molar-refractivity contribution is -0.145. The number of aromatic nitrogens is 2. The number of hydrogen-bond donors (Lipinski definition) is 2. The highest BCUT2D eigenvalue weighted by Crippen LogP contribution is 2.31. The molecule has 0 spiro atoms. The molecule has 0 bridgehead atoms. The fourth-order valence-electron chi connectivity index (χ4n) is 3.05. The van der Waals surface area contributed by atoms with Crippen molar-refractivity contribution in [1.82, 2.24) is 20.6 Å². The Balaban J connectivity index is 1.64. The summed E-state index contributed by atoms with van der Waals surface area (Å²) in [7, 11) is 0. The maximum atomic E-state index is 13.0. The molecule has 1 aliphatic carbocycles. The number of alkyl halides is 3. The standard InChI is InChI=1S/C18H19F3N4O2S/c19-18(20,21)16-23-13-9-5-4-8-12(13)15(25-16)28-10-14(26)24-17(27)22-11-6-2-1-3-7-11/h4-5,8-9,11H,1-3,6-7,10H2,(H2,22,24,26,27). The lowest BCUT2D eigenvalue weighted by Gasteiger charge is -2.22. The van der Waals surface area contributed by atoms with Crippen molar-refractivity contribution >= 4 is 34.6 Å². The summed E-state index contributed by atoms with van der Waals surface area (Å²) in [6.07, 6.45) is 0.283. The van der Waals surface area contributed by atoms with Gasteiger partial charge in [0.25, 0.3) is 0 Å². The number of nitrogens with zero attached hydrogens (tertiary/aromatic N) is 2. The first-order valence-electron chi connectivity index (χ1n) is 8.90. The lowest BCUT2D eigenvalue weighted by Crippen LogP contribution is -2.45. The summed E-state index contributed by atoms with van der Waals surface area (Å²) < 4.78 is 39.1. The molecule has 0 radical (unpaired) electrons. The number of fused-ring (bicyclic) bond motifs is 1. The largest absolute Gasteiger partial charge is 0.451 e. The molecule has 1 saturated carbocycles. The van der Waals surface area contributed by atoms with Crippen LogP contribution in [0.15, 0.2) is 29.3 Å². The van der Waals surface area contributed by atoms with Gasteiger partial charge in [-0.25, -0.2) is 14.8 Å². The molecule has 2 N–H and O–H groups in total. The van der Waals surface area contributed by atoms with Crippen LogP contribution in [0, 0.1) is 0 Å². The lowest BCUT2D eigenvalue weighted by atomic mass is 9.96. The number of carbonyl (C=O) groups is 2. The Hall–Kier alpha value is -2.36. The SMILES string of the molecule is O=C(CSc1nc(C(F)(F)F)nc2ccccc12)NC(=O)NC1CCCCC1. The molecule has 0 unspecified atom stereocenters. The zero-order valence-corrected chi connectivity index (χ0v) is 15.7. The van der Waals surface area contributed by atoms with E-state index in [4.69, 9.17) is 0 Å². The Morgan fingerprint density at radius 2 is 1.82 bits per heavy atom. The van der Waals surface area contributed by atoms with Gasteiger partial charge < -0.3 is 5.32 Å². The number of para-hydroxylation sites is 1. The van der Waals surface area contributed by atoms with Crippen LogP contribution in [0.5, 0.6) is 0 Å². The normalized spacial score (nSPS) is 15.4. The molecule has 2 aromatic rings. The Bertz CT molecular complexity index is 870. The van der Waals surface area contributed by atoms with Gasteiger partial charge >= 0.3 is 12.2 Å². The van der Waals surface area contributed by atoms with Crippen molar-refractivity contribution in [3.8, 4) is 0 Å². The van der Waals surface area contributed by atoms with E-state index < -0.39 is 23.9 Å². The number of halogens is 3. The van der Waals surface area contributed by atoms with Crippen LogP contribution in [-0.2, 0) is 11.0 Å². The number of rotatable bonds is 4. The van der Waals surface area contributed by atoms with E-state index in [1.807, 2.05) is 0 Å². The summed E-state index contributed by atoms with van der Waals surface area (Å²) in [6, 6.07) is 5.74. The molecule has 0 saturated heterocycles. The van der Waals surface area contributed by atoms with Crippen LogP contribution >= 0.6 is 11.8 Å². The van der Waals surface area contributed by atoms with Crippen LogP contribution in [0.1, 0.15) is 37.9 Å². The molecule has 28 heavy (non-hydrogen) atoms. The van der Waals surface area contributed by atoms with Gasteiger partial charge in [-0.2, -0.15) is 13.2 Å². The summed E-state index contributed by atoms with van der Waals surface area (Å²) in [6.45, 7) is 0. The van der Waals surface area contributed by atoms with Crippen molar-refractivity contribution in [2.75, 3.05) is 5.75 Å². The molecule has 10 heteroatoms. The maximum Gasteiger partial charge on any atom is 0.451 e. The van der Waals surface area contributed by atoms with Gasteiger partial charge in [0.1, 0.15) is 5.03 Å². The number of imide groups is 1. The Morgan fingerprint density at radius 3 is 2.54 bits per heavy atom. The predicted octanol–water partition coefficient (Wildman–Crippen LogP) is 3.90. The smallest absolute Gasteiger partial charge is 0.335 e. The van der Waals surface area contributed by atoms with E-state index in [1.165, 1.54) is 6.07 Å². The minimum atomic E-state index is -4.69. The highest BCUT2D eigenvalue weighted by Gasteiger charge is 2.35. The summed E-state index contributed by atoms with van der Waals surface area (Å²) in [4.78, 5) is 31.0. The zero-order valence-electron chi connectivity index (χ0n) is 14.9. The van der Waals surface area contributed by atoms with Gasteiger partial charge in [0.05, 0.1) is 11.3 Å². The van der Waals surface area contributed by atoms with E-state index in [9.17, 15) is 22.8 Å². The topological polar surface area (TPSA) is 84.0 Å². The van der Waals surface area contributed by atoms with Gasteiger partial charge in [-0.3, -0.25) is 10.1 Å². The number of thioether (sulfide) groups is 1. The van der Waals surface area contributed by atoms with Crippen LogP contribution in [0.25, 0.3) is 10.9 Å². The molecular weight excluding hydrogens is 393 g/mol. The number of amides is 3. The van der Waals surface area contributed by atoms with Crippen molar-refractivity contribution in [1.29, 1.82) is 0 Å². The predicted molar refractivity (Wildman–Crippen MR) is 98.8 cm³/mol. The van der Waals surface area contributed by atoms with Crippen molar-refractivity contribution in [3.63, 3.8) is 0 Å². The number of carbonyl (C=O) groups excluding carboxylic acids is 2. The molecule has 1 aromatic carbocycles. The van der Waals surface area contributed by atoms with Crippen LogP contribution in [0.4, 0.5) is 18.0 Å². The van der Waals surface area contributed by atoms with Crippen molar-refractivity contribution < 1.29 is 22.8 Å². The number of benzene rings is 1. The zero-order chi connectivity index (χ0) is 20.1. The van der Waals surface area contributed by atoms with Gasteiger partial charge in [-0.05, 0) is 18.9 Å². The maximum absolute atomic E-state index is 13.0. The van der Waals surface area contributed by atoms with E-state index >= 15 is 0 Å². The summed E-state index contributed by atoms with van der Waals surface area (Å²) >= 11 is 0.833. The molecule has 1 aliphatic rings. The second-order valence-electron chi connectivity index (χ2n) is 6.51.